The highest BCUT2D eigenvalue weighted by molar-refractivity contribution is 5.78. The molecule has 2 aromatic carbocycles. The van der Waals surface area contributed by atoms with Gasteiger partial charge in [0.15, 0.2) is 0 Å². The van der Waals surface area contributed by atoms with Gasteiger partial charge in [0, 0.05) is 5.92 Å². The second-order valence-corrected chi connectivity index (χ2v) is 5.89. The normalized spacial score (nSPS) is 13.6. The molecule has 21 heavy (non-hydrogen) atoms. The van der Waals surface area contributed by atoms with Gasteiger partial charge in [0.2, 0.25) is 0 Å². The van der Waals surface area contributed by atoms with Crippen molar-refractivity contribution in [3.63, 3.8) is 0 Å². The molecule has 0 aromatic heterocycles. The second kappa shape index (κ2) is 5.77. The summed E-state index contributed by atoms with van der Waals surface area (Å²) < 4.78 is 0. The molecule has 0 radical (unpaired) electrons. The van der Waals surface area contributed by atoms with E-state index in [2.05, 4.69) is 56.0 Å². The number of allylic oxidation sites excluding steroid dienone is 1. The smallest absolute Gasteiger partial charge is 0.0925 e. The molecule has 108 valence electrons. The fourth-order valence-electron chi connectivity index (χ4n) is 3.42. The van der Waals surface area contributed by atoms with Crippen molar-refractivity contribution in [2.75, 3.05) is 0 Å². The quantitative estimate of drug-likeness (QED) is 0.602. The Morgan fingerprint density at radius 1 is 1.14 bits per heavy atom. The minimum absolute atomic E-state index is 0.0641. The number of fused-ring (bicyclic) bond motifs is 3. The number of hydrogen-bond donors (Lipinski definition) is 1. The number of unbranched alkanes of at least 4 members (excludes halogenated alkanes) is 1. The minimum atomic E-state index is 0.0641. The van der Waals surface area contributed by atoms with Crippen LogP contribution in [0, 0.1) is 0 Å². The van der Waals surface area contributed by atoms with Crippen molar-refractivity contribution in [2.24, 2.45) is 0 Å². The van der Waals surface area contributed by atoms with E-state index in [1.807, 2.05) is 0 Å². The van der Waals surface area contributed by atoms with E-state index < -0.39 is 0 Å². The first-order valence-electron chi connectivity index (χ1n) is 7.80. The molecule has 1 nitrogen and oxygen atoms in total. The highest BCUT2D eigenvalue weighted by atomic mass is 16.3. The van der Waals surface area contributed by atoms with Gasteiger partial charge in [0.25, 0.3) is 0 Å². The molecular formula is C20H22O. The molecule has 1 unspecified atom stereocenters. The minimum Gasteiger partial charge on any atom is -0.512 e. The maximum absolute atomic E-state index is 10.0. The van der Waals surface area contributed by atoms with Crippen molar-refractivity contribution in [3.8, 4) is 11.1 Å². The third-order valence-electron chi connectivity index (χ3n) is 4.51. The first-order valence-corrected chi connectivity index (χ1v) is 7.80. The van der Waals surface area contributed by atoms with Gasteiger partial charge in [0.1, 0.15) is 0 Å². The number of rotatable bonds is 5. The van der Waals surface area contributed by atoms with E-state index in [0.29, 0.717) is 5.76 Å². The topological polar surface area (TPSA) is 20.2 Å². The molecule has 1 heteroatoms. The van der Waals surface area contributed by atoms with Gasteiger partial charge in [-0.15, -0.1) is 0 Å². The summed E-state index contributed by atoms with van der Waals surface area (Å²) in [7, 11) is 0. The Morgan fingerprint density at radius 2 is 1.90 bits per heavy atom. The van der Waals surface area contributed by atoms with E-state index in [0.717, 1.165) is 25.7 Å². The zero-order chi connectivity index (χ0) is 14.8. The van der Waals surface area contributed by atoms with Crippen LogP contribution in [0.25, 0.3) is 11.1 Å². The molecule has 1 aliphatic rings. The first kappa shape index (κ1) is 13.9. The van der Waals surface area contributed by atoms with Gasteiger partial charge in [-0.3, -0.25) is 0 Å². The largest absolute Gasteiger partial charge is 0.512 e. The first-order chi connectivity index (χ1) is 10.2. The van der Waals surface area contributed by atoms with Crippen LogP contribution in [0.3, 0.4) is 0 Å². The lowest BCUT2D eigenvalue weighted by Crippen LogP contribution is -2.05. The fraction of sp³-hybridized carbons (Fsp3) is 0.300. The highest BCUT2D eigenvalue weighted by Crippen LogP contribution is 2.42. The predicted molar refractivity (Wildman–Crippen MR) is 88.7 cm³/mol. The van der Waals surface area contributed by atoms with Gasteiger partial charge < -0.3 is 5.11 Å². The SMILES string of the molecule is C=C(O)C(CCCC)c1cccc2c1Cc1ccccc1-2. The Morgan fingerprint density at radius 3 is 2.67 bits per heavy atom. The Labute approximate surface area is 127 Å². The summed E-state index contributed by atoms with van der Waals surface area (Å²) in [4.78, 5) is 0. The Hall–Kier alpha value is -2.02. The summed E-state index contributed by atoms with van der Waals surface area (Å²) in [5, 5.41) is 10.0. The zero-order valence-corrected chi connectivity index (χ0v) is 12.6. The summed E-state index contributed by atoms with van der Waals surface area (Å²) >= 11 is 0. The van der Waals surface area contributed by atoms with Crippen molar-refractivity contribution >= 4 is 0 Å². The van der Waals surface area contributed by atoms with Crippen molar-refractivity contribution < 1.29 is 5.11 Å². The standard InChI is InChI=1S/C20H22O/c1-3-4-9-16(14(2)21)18-11-7-12-19-17-10-6-5-8-15(17)13-20(18)19/h5-8,10-12,16,21H,2-4,9,13H2,1H3. The summed E-state index contributed by atoms with van der Waals surface area (Å²) in [6, 6.07) is 15.1. The summed E-state index contributed by atoms with van der Waals surface area (Å²) in [6.45, 7) is 6.00. The van der Waals surface area contributed by atoms with E-state index in [1.165, 1.54) is 27.8 Å². The Kier molecular flexibility index (Phi) is 3.83. The molecule has 0 aliphatic heterocycles. The van der Waals surface area contributed by atoms with Crippen LogP contribution in [0.15, 0.2) is 54.8 Å². The van der Waals surface area contributed by atoms with Crippen LogP contribution in [0.4, 0.5) is 0 Å². The molecule has 2 aromatic rings. The molecule has 0 heterocycles. The van der Waals surface area contributed by atoms with Gasteiger partial charge in [0.05, 0.1) is 5.76 Å². The van der Waals surface area contributed by atoms with Gasteiger partial charge in [-0.05, 0) is 40.7 Å². The number of hydrogen-bond acceptors (Lipinski definition) is 1. The van der Waals surface area contributed by atoms with Crippen LogP contribution in [0.1, 0.15) is 48.8 Å². The van der Waals surface area contributed by atoms with Gasteiger partial charge in [-0.1, -0.05) is 68.8 Å². The molecular weight excluding hydrogens is 256 g/mol. The van der Waals surface area contributed by atoms with Crippen LogP contribution >= 0.6 is 0 Å². The average Bonchev–Trinajstić information content (AvgIpc) is 2.87. The molecule has 0 saturated carbocycles. The Balaban J connectivity index is 2.04. The number of aliphatic hydroxyl groups excluding tert-OH is 1. The monoisotopic (exact) mass is 278 g/mol. The molecule has 0 spiro atoms. The van der Waals surface area contributed by atoms with Crippen LogP contribution in [0.5, 0.6) is 0 Å². The molecule has 0 saturated heterocycles. The maximum Gasteiger partial charge on any atom is 0.0925 e. The van der Waals surface area contributed by atoms with E-state index in [1.54, 1.807) is 0 Å². The second-order valence-electron chi connectivity index (χ2n) is 5.89. The van der Waals surface area contributed by atoms with E-state index in [-0.39, 0.29) is 5.92 Å². The fourth-order valence-corrected chi connectivity index (χ4v) is 3.42. The maximum atomic E-state index is 10.0. The molecule has 0 amide bonds. The van der Waals surface area contributed by atoms with Crippen molar-refractivity contribution in [3.05, 3.63) is 71.5 Å². The molecule has 0 fully saturated rings. The van der Waals surface area contributed by atoms with Crippen LogP contribution in [-0.2, 0) is 6.42 Å². The van der Waals surface area contributed by atoms with Crippen molar-refractivity contribution in [2.45, 2.75) is 38.5 Å². The van der Waals surface area contributed by atoms with Crippen molar-refractivity contribution in [1.82, 2.24) is 0 Å². The number of benzene rings is 2. The highest BCUT2D eigenvalue weighted by Gasteiger charge is 2.25. The van der Waals surface area contributed by atoms with Crippen molar-refractivity contribution in [1.29, 1.82) is 0 Å². The third-order valence-corrected chi connectivity index (χ3v) is 4.51. The summed E-state index contributed by atoms with van der Waals surface area (Å²) in [6.07, 6.45) is 4.19. The summed E-state index contributed by atoms with van der Waals surface area (Å²) in [5.41, 5.74) is 6.68. The third kappa shape index (κ3) is 2.49. The molecule has 3 rings (SSSR count). The van der Waals surface area contributed by atoms with E-state index in [9.17, 15) is 5.11 Å². The van der Waals surface area contributed by atoms with Crippen LogP contribution < -0.4 is 0 Å². The zero-order valence-electron chi connectivity index (χ0n) is 12.6. The van der Waals surface area contributed by atoms with Gasteiger partial charge in [-0.2, -0.15) is 0 Å². The Bertz CT molecular complexity index is 669. The predicted octanol–water partition coefficient (Wildman–Crippen LogP) is 5.60. The molecule has 1 atom stereocenters. The lowest BCUT2D eigenvalue weighted by Gasteiger charge is -2.19. The van der Waals surface area contributed by atoms with Gasteiger partial charge >= 0.3 is 0 Å². The number of aliphatic hydroxyl groups is 1. The van der Waals surface area contributed by atoms with Gasteiger partial charge in [-0.25, -0.2) is 0 Å². The lowest BCUT2D eigenvalue weighted by atomic mass is 9.87. The van der Waals surface area contributed by atoms with Crippen LogP contribution in [0.2, 0.25) is 0 Å². The molecule has 1 aliphatic carbocycles. The van der Waals surface area contributed by atoms with E-state index in [4.69, 9.17) is 0 Å². The average molecular weight is 278 g/mol. The van der Waals surface area contributed by atoms with Crippen LogP contribution in [-0.4, -0.2) is 5.11 Å². The molecule has 0 bridgehead atoms. The molecule has 1 N–H and O–H groups in total. The lowest BCUT2D eigenvalue weighted by molar-refractivity contribution is 0.359. The summed E-state index contributed by atoms with van der Waals surface area (Å²) in [5.74, 6) is 0.363. The van der Waals surface area contributed by atoms with E-state index >= 15 is 0 Å².